The molecule has 0 saturated heterocycles. The average molecular weight is 313 g/mol. The molecule has 0 bridgehead atoms. The molecule has 21 heavy (non-hydrogen) atoms. The van der Waals surface area contributed by atoms with E-state index < -0.39 is 6.10 Å². The molecule has 0 aliphatic carbocycles. The molecule has 0 fully saturated rings. The van der Waals surface area contributed by atoms with Crippen molar-refractivity contribution >= 4 is 11.8 Å². The van der Waals surface area contributed by atoms with Gasteiger partial charge in [-0.05, 0) is 36.3 Å². The Balaban J connectivity index is 2.44. The molecule has 0 amide bonds. The minimum atomic E-state index is -0.505. The lowest BCUT2D eigenvalue weighted by Crippen LogP contribution is -2.31. The third kappa shape index (κ3) is 7.29. The van der Waals surface area contributed by atoms with Crippen LogP contribution in [0.2, 0.25) is 0 Å². The standard InChI is InChI=1S/C16H27NO3S/c1-2-13-21-15-5-3-14(4-6-15)16(20)7-8-17(9-11-18)10-12-19/h3-6,16,18-20H,2,7-13H2,1H3. The van der Waals surface area contributed by atoms with Gasteiger partial charge in [0.15, 0.2) is 0 Å². The van der Waals surface area contributed by atoms with E-state index in [1.165, 1.54) is 4.90 Å². The highest BCUT2D eigenvalue weighted by Gasteiger charge is 2.10. The van der Waals surface area contributed by atoms with Gasteiger partial charge in [0.25, 0.3) is 0 Å². The Labute approximate surface area is 131 Å². The van der Waals surface area contributed by atoms with Gasteiger partial charge in [0, 0.05) is 24.5 Å². The van der Waals surface area contributed by atoms with E-state index in [2.05, 4.69) is 19.1 Å². The molecule has 1 aromatic carbocycles. The van der Waals surface area contributed by atoms with Crippen molar-refractivity contribution in [3.8, 4) is 0 Å². The Bertz CT molecular complexity index is 366. The Morgan fingerprint density at radius 1 is 1.05 bits per heavy atom. The maximum atomic E-state index is 10.2. The van der Waals surface area contributed by atoms with Crippen molar-refractivity contribution in [3.63, 3.8) is 0 Å². The largest absolute Gasteiger partial charge is 0.395 e. The molecule has 120 valence electrons. The molecule has 1 atom stereocenters. The lowest BCUT2D eigenvalue weighted by atomic mass is 10.1. The van der Waals surface area contributed by atoms with Crippen LogP contribution in [-0.2, 0) is 0 Å². The van der Waals surface area contributed by atoms with Crippen molar-refractivity contribution in [2.24, 2.45) is 0 Å². The smallest absolute Gasteiger partial charge is 0.0802 e. The van der Waals surface area contributed by atoms with Gasteiger partial charge in [-0.25, -0.2) is 0 Å². The van der Waals surface area contributed by atoms with Gasteiger partial charge in [0.1, 0.15) is 0 Å². The highest BCUT2D eigenvalue weighted by atomic mass is 32.2. The van der Waals surface area contributed by atoms with Crippen molar-refractivity contribution in [3.05, 3.63) is 29.8 Å². The fraction of sp³-hybridized carbons (Fsp3) is 0.625. The van der Waals surface area contributed by atoms with Crippen LogP contribution < -0.4 is 0 Å². The molecule has 0 aliphatic rings. The van der Waals surface area contributed by atoms with Crippen LogP contribution in [0.4, 0.5) is 0 Å². The molecule has 0 radical (unpaired) electrons. The van der Waals surface area contributed by atoms with Gasteiger partial charge in [0.2, 0.25) is 0 Å². The number of hydrogen-bond donors (Lipinski definition) is 3. The predicted octanol–water partition coefficient (Wildman–Crippen LogP) is 1.90. The summed E-state index contributed by atoms with van der Waals surface area (Å²) in [6, 6.07) is 8.06. The molecule has 1 rings (SSSR count). The van der Waals surface area contributed by atoms with E-state index in [1.807, 2.05) is 28.8 Å². The molecule has 0 heterocycles. The molecule has 0 spiro atoms. The SMILES string of the molecule is CCCSc1ccc(C(O)CCN(CCO)CCO)cc1. The van der Waals surface area contributed by atoms with Crippen molar-refractivity contribution < 1.29 is 15.3 Å². The second-order valence-corrected chi connectivity index (χ2v) is 6.18. The van der Waals surface area contributed by atoms with Crippen molar-refractivity contribution in [2.75, 3.05) is 38.6 Å². The number of hydrogen-bond acceptors (Lipinski definition) is 5. The van der Waals surface area contributed by atoms with Crippen molar-refractivity contribution in [2.45, 2.75) is 30.8 Å². The van der Waals surface area contributed by atoms with Crippen LogP contribution in [0.15, 0.2) is 29.2 Å². The zero-order valence-electron chi connectivity index (χ0n) is 12.7. The first-order valence-corrected chi connectivity index (χ1v) is 8.54. The van der Waals surface area contributed by atoms with Gasteiger partial charge in [-0.15, -0.1) is 11.8 Å². The molecule has 1 unspecified atom stereocenters. The minimum Gasteiger partial charge on any atom is -0.395 e. The summed E-state index contributed by atoms with van der Waals surface area (Å²) < 4.78 is 0. The number of rotatable bonds is 11. The number of thioether (sulfide) groups is 1. The molecule has 4 nitrogen and oxygen atoms in total. The van der Waals surface area contributed by atoms with E-state index in [0.717, 1.165) is 17.7 Å². The summed E-state index contributed by atoms with van der Waals surface area (Å²) in [5.74, 6) is 1.11. The van der Waals surface area contributed by atoms with Gasteiger partial charge in [-0.3, -0.25) is 4.90 Å². The fourth-order valence-corrected chi connectivity index (χ4v) is 2.86. The van der Waals surface area contributed by atoms with Crippen LogP contribution in [0.3, 0.4) is 0 Å². The van der Waals surface area contributed by atoms with Crippen LogP contribution in [-0.4, -0.2) is 58.8 Å². The highest BCUT2D eigenvalue weighted by molar-refractivity contribution is 7.99. The molecule has 0 aromatic heterocycles. The summed E-state index contributed by atoms with van der Waals surface area (Å²) >= 11 is 1.83. The molecule has 0 aliphatic heterocycles. The van der Waals surface area contributed by atoms with Crippen LogP contribution >= 0.6 is 11.8 Å². The van der Waals surface area contributed by atoms with E-state index in [4.69, 9.17) is 10.2 Å². The summed E-state index contributed by atoms with van der Waals surface area (Å²) in [5.41, 5.74) is 0.920. The Morgan fingerprint density at radius 2 is 1.67 bits per heavy atom. The Morgan fingerprint density at radius 3 is 2.19 bits per heavy atom. The van der Waals surface area contributed by atoms with Crippen LogP contribution in [0.1, 0.15) is 31.4 Å². The average Bonchev–Trinajstić information content (AvgIpc) is 2.51. The monoisotopic (exact) mass is 313 g/mol. The first-order valence-electron chi connectivity index (χ1n) is 7.56. The van der Waals surface area contributed by atoms with Crippen LogP contribution in [0.25, 0.3) is 0 Å². The molecule has 1 aromatic rings. The molecule has 5 heteroatoms. The van der Waals surface area contributed by atoms with Gasteiger partial charge in [0.05, 0.1) is 19.3 Å². The summed E-state index contributed by atoms with van der Waals surface area (Å²) in [4.78, 5) is 3.18. The van der Waals surface area contributed by atoms with Crippen LogP contribution in [0.5, 0.6) is 0 Å². The fourth-order valence-electron chi connectivity index (χ4n) is 2.10. The number of nitrogens with zero attached hydrogens (tertiary/aromatic N) is 1. The van der Waals surface area contributed by atoms with Crippen molar-refractivity contribution in [1.82, 2.24) is 4.90 Å². The van der Waals surface area contributed by atoms with Gasteiger partial charge in [-0.1, -0.05) is 19.1 Å². The molecular formula is C16H27NO3S. The maximum Gasteiger partial charge on any atom is 0.0802 e. The number of aliphatic hydroxyl groups excluding tert-OH is 3. The highest BCUT2D eigenvalue weighted by Crippen LogP contribution is 2.23. The van der Waals surface area contributed by atoms with Crippen LogP contribution in [0, 0.1) is 0 Å². The normalized spacial score (nSPS) is 12.8. The van der Waals surface area contributed by atoms with E-state index in [1.54, 1.807) is 0 Å². The quantitative estimate of drug-likeness (QED) is 0.545. The zero-order chi connectivity index (χ0) is 15.5. The first kappa shape index (κ1) is 18.5. The summed E-state index contributed by atoms with van der Waals surface area (Å²) in [6.07, 6.45) is 1.25. The zero-order valence-corrected chi connectivity index (χ0v) is 13.6. The van der Waals surface area contributed by atoms with Crippen molar-refractivity contribution in [1.29, 1.82) is 0 Å². The second-order valence-electron chi connectivity index (χ2n) is 5.01. The maximum absolute atomic E-state index is 10.2. The van der Waals surface area contributed by atoms with E-state index >= 15 is 0 Å². The molecular weight excluding hydrogens is 286 g/mol. The molecule has 3 N–H and O–H groups in total. The minimum absolute atomic E-state index is 0.0689. The van der Waals surface area contributed by atoms with Gasteiger partial charge >= 0.3 is 0 Å². The number of aliphatic hydroxyl groups is 3. The Hall–Kier alpha value is -0.590. The topological polar surface area (TPSA) is 63.9 Å². The van der Waals surface area contributed by atoms with Gasteiger partial charge < -0.3 is 15.3 Å². The predicted molar refractivity (Wildman–Crippen MR) is 87.6 cm³/mol. The third-order valence-electron chi connectivity index (χ3n) is 3.29. The summed E-state index contributed by atoms with van der Waals surface area (Å²) in [5, 5.41) is 28.1. The molecule has 0 saturated carbocycles. The van der Waals surface area contributed by atoms with E-state index in [-0.39, 0.29) is 13.2 Å². The second kappa shape index (κ2) is 11.0. The van der Waals surface area contributed by atoms with E-state index in [0.29, 0.717) is 26.1 Å². The first-order chi connectivity index (χ1) is 10.2. The Kier molecular flexibility index (Phi) is 9.70. The lowest BCUT2D eigenvalue weighted by molar-refractivity contribution is 0.118. The summed E-state index contributed by atoms with van der Waals surface area (Å²) in [7, 11) is 0. The number of benzene rings is 1. The van der Waals surface area contributed by atoms with E-state index in [9.17, 15) is 5.11 Å². The van der Waals surface area contributed by atoms with Gasteiger partial charge in [-0.2, -0.15) is 0 Å². The summed E-state index contributed by atoms with van der Waals surface area (Å²) in [6.45, 7) is 4.02. The lowest BCUT2D eigenvalue weighted by Gasteiger charge is -2.21. The third-order valence-corrected chi connectivity index (χ3v) is 4.51.